The molecule has 3 rings (SSSR count). The topological polar surface area (TPSA) is 111 Å². The van der Waals surface area contributed by atoms with Crippen LogP contribution in [-0.2, 0) is 22.9 Å². The SMILES string of the molecule is NC(=O)S(=O)(=O)Nc1cccc(Oc2c(F)ccc(CCc3ccncc3)c2F)c1. The van der Waals surface area contributed by atoms with E-state index in [-0.39, 0.29) is 17.0 Å². The van der Waals surface area contributed by atoms with Crippen molar-refractivity contribution in [2.45, 2.75) is 12.8 Å². The van der Waals surface area contributed by atoms with E-state index in [0.29, 0.717) is 12.8 Å². The van der Waals surface area contributed by atoms with Gasteiger partial charge in [0.25, 0.3) is 0 Å². The van der Waals surface area contributed by atoms with Gasteiger partial charge in [0.05, 0.1) is 5.69 Å². The van der Waals surface area contributed by atoms with E-state index < -0.39 is 32.6 Å². The number of carbonyl (C=O) groups excluding carboxylic acids is 1. The first-order valence-corrected chi connectivity index (χ1v) is 10.2. The molecule has 1 aromatic heterocycles. The van der Waals surface area contributed by atoms with Gasteiger partial charge in [0.1, 0.15) is 5.75 Å². The fourth-order valence-corrected chi connectivity index (χ4v) is 3.17. The van der Waals surface area contributed by atoms with Gasteiger partial charge in [-0.15, -0.1) is 0 Å². The monoisotopic (exact) mass is 433 g/mol. The molecule has 0 unspecified atom stereocenters. The van der Waals surface area contributed by atoms with E-state index in [4.69, 9.17) is 10.5 Å². The number of hydrogen-bond acceptors (Lipinski definition) is 5. The van der Waals surface area contributed by atoms with Crippen LogP contribution in [0.2, 0.25) is 0 Å². The van der Waals surface area contributed by atoms with Crippen LogP contribution in [0.4, 0.5) is 19.3 Å². The largest absolute Gasteiger partial charge is 0.451 e. The second-order valence-corrected chi connectivity index (χ2v) is 7.87. The molecule has 0 atom stereocenters. The van der Waals surface area contributed by atoms with Crippen LogP contribution in [0.3, 0.4) is 0 Å². The molecule has 0 saturated heterocycles. The van der Waals surface area contributed by atoms with Gasteiger partial charge in [0.15, 0.2) is 17.4 Å². The predicted octanol–water partition coefficient (Wildman–Crippen LogP) is 3.76. The van der Waals surface area contributed by atoms with Crippen molar-refractivity contribution in [3.63, 3.8) is 0 Å². The molecule has 2 aromatic carbocycles. The minimum Gasteiger partial charge on any atom is -0.451 e. The minimum atomic E-state index is -4.42. The smallest absolute Gasteiger partial charge is 0.354 e. The average Bonchev–Trinajstić information content (AvgIpc) is 2.71. The molecule has 156 valence electrons. The van der Waals surface area contributed by atoms with Crippen LogP contribution in [0.5, 0.6) is 11.5 Å². The van der Waals surface area contributed by atoms with Crippen LogP contribution in [0.1, 0.15) is 11.1 Å². The Bertz CT molecular complexity index is 1170. The number of nitrogens with two attached hydrogens (primary N) is 1. The molecule has 0 saturated carbocycles. The van der Waals surface area contributed by atoms with Gasteiger partial charge in [0, 0.05) is 18.5 Å². The van der Waals surface area contributed by atoms with Crippen LogP contribution in [0, 0.1) is 11.6 Å². The number of carbonyl (C=O) groups is 1. The molecular formula is C20H17F2N3O4S. The molecule has 10 heteroatoms. The van der Waals surface area contributed by atoms with E-state index in [0.717, 1.165) is 11.6 Å². The van der Waals surface area contributed by atoms with E-state index in [1.54, 1.807) is 24.5 Å². The number of halogens is 2. The quantitative estimate of drug-likeness (QED) is 0.589. The molecule has 0 fully saturated rings. The number of anilines is 1. The standard InChI is InChI=1S/C20H17F2N3O4S/c21-17-7-6-14(5-4-13-8-10-24-11-9-13)18(22)19(17)29-16-3-1-2-15(12-16)25-30(27,28)20(23)26/h1-3,6-12,25H,4-5H2,(H2,23,26). The lowest BCUT2D eigenvalue weighted by molar-refractivity contribution is 0.265. The van der Waals surface area contributed by atoms with E-state index in [1.807, 2.05) is 4.72 Å². The van der Waals surface area contributed by atoms with Crippen LogP contribution in [0.25, 0.3) is 0 Å². The summed E-state index contributed by atoms with van der Waals surface area (Å²) in [7, 11) is -4.42. The summed E-state index contributed by atoms with van der Waals surface area (Å²) in [6, 6.07) is 11.3. The number of nitrogens with one attached hydrogen (secondary N) is 1. The number of ether oxygens (including phenoxy) is 1. The third kappa shape index (κ3) is 5.09. The Balaban J connectivity index is 1.81. The third-order valence-corrected chi connectivity index (χ3v) is 5.17. The number of benzene rings is 2. The Morgan fingerprint density at radius 3 is 2.50 bits per heavy atom. The molecular weight excluding hydrogens is 416 g/mol. The highest BCUT2D eigenvalue weighted by Gasteiger charge is 2.19. The lowest BCUT2D eigenvalue weighted by Crippen LogP contribution is -2.28. The van der Waals surface area contributed by atoms with Crippen molar-refractivity contribution >= 4 is 20.9 Å². The fourth-order valence-electron chi connectivity index (χ4n) is 2.63. The Morgan fingerprint density at radius 2 is 1.80 bits per heavy atom. The fraction of sp³-hybridized carbons (Fsp3) is 0.100. The lowest BCUT2D eigenvalue weighted by Gasteiger charge is -2.12. The number of nitrogens with zero attached hydrogens (tertiary/aromatic N) is 1. The van der Waals surface area contributed by atoms with E-state index >= 15 is 0 Å². The number of hydrogen-bond donors (Lipinski definition) is 2. The number of sulfonamides is 1. The maximum absolute atomic E-state index is 14.8. The van der Waals surface area contributed by atoms with Crippen molar-refractivity contribution in [3.05, 3.63) is 83.7 Å². The maximum Gasteiger partial charge on any atom is 0.354 e. The molecule has 3 N–H and O–H groups in total. The van der Waals surface area contributed by atoms with Gasteiger partial charge in [-0.1, -0.05) is 12.1 Å². The second kappa shape index (κ2) is 8.87. The molecule has 0 aliphatic rings. The molecule has 0 spiro atoms. The number of rotatable bonds is 7. The third-order valence-electron chi connectivity index (χ3n) is 4.13. The highest BCUT2D eigenvalue weighted by Crippen LogP contribution is 2.31. The van der Waals surface area contributed by atoms with Gasteiger partial charge in [0.2, 0.25) is 0 Å². The summed E-state index contributed by atoms with van der Waals surface area (Å²) in [5.41, 5.74) is 5.94. The summed E-state index contributed by atoms with van der Waals surface area (Å²) in [5, 5.41) is -1.56. The zero-order valence-corrected chi connectivity index (χ0v) is 16.3. The lowest BCUT2D eigenvalue weighted by atomic mass is 10.0. The number of aryl methyl sites for hydroxylation is 2. The molecule has 1 amide bonds. The Labute approximate surface area is 171 Å². The van der Waals surface area contributed by atoms with Crippen LogP contribution in [0.15, 0.2) is 60.9 Å². The summed E-state index contributed by atoms with van der Waals surface area (Å²) >= 11 is 0. The van der Waals surface area contributed by atoms with Gasteiger partial charge < -0.3 is 10.5 Å². The Kier molecular flexibility index (Phi) is 6.26. The summed E-state index contributed by atoms with van der Waals surface area (Å²) in [5.74, 6) is -2.42. The average molecular weight is 433 g/mol. The molecule has 3 aromatic rings. The first kappa shape index (κ1) is 21.2. The highest BCUT2D eigenvalue weighted by atomic mass is 32.2. The number of pyridine rings is 1. The molecule has 1 heterocycles. The van der Waals surface area contributed by atoms with E-state index in [1.165, 1.54) is 30.3 Å². The van der Waals surface area contributed by atoms with Crippen molar-refractivity contribution in [1.29, 1.82) is 0 Å². The summed E-state index contributed by atoms with van der Waals surface area (Å²) in [6.45, 7) is 0. The molecule has 0 aliphatic heterocycles. The van der Waals surface area contributed by atoms with Crippen molar-refractivity contribution in [2.24, 2.45) is 5.73 Å². The number of primary amides is 1. The Hall–Kier alpha value is -3.53. The van der Waals surface area contributed by atoms with E-state index in [9.17, 15) is 22.0 Å². The highest BCUT2D eigenvalue weighted by molar-refractivity contribution is 8.07. The van der Waals surface area contributed by atoms with Gasteiger partial charge >= 0.3 is 15.3 Å². The summed E-state index contributed by atoms with van der Waals surface area (Å²) in [4.78, 5) is 14.8. The van der Waals surface area contributed by atoms with Crippen molar-refractivity contribution < 1.29 is 26.7 Å². The molecule has 7 nitrogen and oxygen atoms in total. The zero-order valence-electron chi connectivity index (χ0n) is 15.5. The molecule has 0 aliphatic carbocycles. The minimum absolute atomic E-state index is 0.0382. The van der Waals surface area contributed by atoms with E-state index in [2.05, 4.69) is 4.98 Å². The number of amides is 1. The first-order chi connectivity index (χ1) is 14.3. The van der Waals surface area contributed by atoms with Crippen molar-refractivity contribution in [1.82, 2.24) is 4.98 Å². The normalized spacial score (nSPS) is 11.1. The first-order valence-electron chi connectivity index (χ1n) is 8.72. The second-order valence-electron chi connectivity index (χ2n) is 6.26. The van der Waals surface area contributed by atoms with Gasteiger partial charge in [-0.25, -0.2) is 8.78 Å². The van der Waals surface area contributed by atoms with Crippen LogP contribution < -0.4 is 15.2 Å². The predicted molar refractivity (Wildman–Crippen MR) is 107 cm³/mol. The summed E-state index contributed by atoms with van der Waals surface area (Å²) in [6.07, 6.45) is 4.09. The molecule has 0 bridgehead atoms. The number of aromatic nitrogens is 1. The molecule has 0 radical (unpaired) electrons. The Morgan fingerprint density at radius 1 is 1.07 bits per heavy atom. The summed E-state index contributed by atoms with van der Waals surface area (Å²) < 4.78 is 59.5. The van der Waals surface area contributed by atoms with Crippen molar-refractivity contribution in [3.8, 4) is 11.5 Å². The van der Waals surface area contributed by atoms with Crippen LogP contribution in [-0.4, -0.2) is 18.6 Å². The van der Waals surface area contributed by atoms with Gasteiger partial charge in [-0.2, -0.15) is 8.42 Å². The van der Waals surface area contributed by atoms with Gasteiger partial charge in [-0.3, -0.25) is 14.5 Å². The van der Waals surface area contributed by atoms with Crippen molar-refractivity contribution in [2.75, 3.05) is 4.72 Å². The van der Waals surface area contributed by atoms with Crippen LogP contribution >= 0.6 is 0 Å². The zero-order chi connectivity index (χ0) is 21.7. The maximum atomic E-state index is 14.8. The molecule has 30 heavy (non-hydrogen) atoms. The van der Waals surface area contributed by atoms with Gasteiger partial charge in [-0.05, 0) is 54.3 Å².